The monoisotopic (exact) mass is 290 g/mol. The molecule has 1 fully saturated rings. The fraction of sp³-hybridized carbons (Fsp3) is 0.611. The zero-order chi connectivity index (χ0) is 15.7. The lowest BCUT2D eigenvalue weighted by Crippen LogP contribution is -2.26. The van der Waals surface area contributed by atoms with E-state index in [2.05, 4.69) is 20.8 Å². The highest BCUT2D eigenvalue weighted by molar-refractivity contribution is 5.99. The van der Waals surface area contributed by atoms with E-state index < -0.39 is 0 Å². The van der Waals surface area contributed by atoms with Crippen LogP contribution in [0.25, 0.3) is 0 Å². The van der Waals surface area contributed by atoms with Crippen molar-refractivity contribution in [2.75, 3.05) is 0 Å². The summed E-state index contributed by atoms with van der Waals surface area (Å²) in [4.78, 5) is 11.7. The van der Waals surface area contributed by atoms with E-state index in [1.807, 2.05) is 0 Å². The second-order valence-electron chi connectivity index (χ2n) is 6.89. The number of carbonyl (C=O) groups excluding carboxylic acids is 1. The normalized spacial score (nSPS) is 26.0. The van der Waals surface area contributed by atoms with Crippen molar-refractivity contribution in [2.24, 2.45) is 17.8 Å². The Balaban J connectivity index is 2.48. The van der Waals surface area contributed by atoms with E-state index in [-0.39, 0.29) is 28.8 Å². The maximum atomic E-state index is 11.7. The molecule has 1 aliphatic carbocycles. The van der Waals surface area contributed by atoms with Crippen LogP contribution in [0.4, 0.5) is 0 Å². The summed E-state index contributed by atoms with van der Waals surface area (Å²) in [6, 6.07) is 3.33. The van der Waals surface area contributed by atoms with Gasteiger partial charge in [0, 0.05) is 0 Å². The number of phenols is 2. The Morgan fingerprint density at radius 1 is 1.24 bits per heavy atom. The third-order valence-electron chi connectivity index (χ3n) is 4.96. The van der Waals surface area contributed by atoms with E-state index in [0.29, 0.717) is 17.8 Å². The number of aromatic hydroxyl groups is 2. The van der Waals surface area contributed by atoms with Crippen LogP contribution in [0, 0.1) is 17.8 Å². The van der Waals surface area contributed by atoms with Crippen molar-refractivity contribution in [2.45, 2.75) is 52.9 Å². The predicted octanol–water partition coefficient (Wildman–Crippen LogP) is 4.48. The third kappa shape index (κ3) is 3.07. The topological polar surface area (TPSA) is 57.5 Å². The minimum absolute atomic E-state index is 0.0211. The van der Waals surface area contributed by atoms with Gasteiger partial charge in [-0.15, -0.1) is 0 Å². The Morgan fingerprint density at radius 2 is 1.90 bits per heavy atom. The molecule has 3 nitrogen and oxygen atoms in total. The molecule has 3 atom stereocenters. The molecule has 0 amide bonds. The molecule has 1 aromatic carbocycles. The largest absolute Gasteiger partial charge is 0.507 e. The lowest BCUT2D eigenvalue weighted by atomic mass is 9.67. The van der Waals surface area contributed by atoms with Gasteiger partial charge in [0.05, 0.1) is 0 Å². The van der Waals surface area contributed by atoms with Gasteiger partial charge in [-0.1, -0.05) is 33.3 Å². The first kappa shape index (κ1) is 15.9. The summed E-state index contributed by atoms with van der Waals surface area (Å²) in [5, 5.41) is 20.3. The standard InChI is InChI=1S/C18H26O3/c1-10(2)13-6-5-11(3)9-15(13)14-7-8-16(20)17(12(4)19)18(14)21/h7-8,10-11,13,15,20-21H,5-6,9H2,1-4H3/t11-,13+,15-/m0/s1. The summed E-state index contributed by atoms with van der Waals surface area (Å²) in [5.74, 6) is 1.48. The molecule has 21 heavy (non-hydrogen) atoms. The smallest absolute Gasteiger partial charge is 0.167 e. The van der Waals surface area contributed by atoms with E-state index in [1.165, 1.54) is 13.3 Å². The van der Waals surface area contributed by atoms with Crippen LogP contribution in [-0.4, -0.2) is 16.0 Å². The second kappa shape index (κ2) is 6.08. The van der Waals surface area contributed by atoms with Gasteiger partial charge in [-0.2, -0.15) is 0 Å². The molecule has 0 saturated heterocycles. The Morgan fingerprint density at radius 3 is 2.48 bits per heavy atom. The van der Waals surface area contributed by atoms with Gasteiger partial charge < -0.3 is 10.2 Å². The van der Waals surface area contributed by atoms with Crippen molar-refractivity contribution in [3.05, 3.63) is 23.3 Å². The maximum Gasteiger partial charge on any atom is 0.167 e. The van der Waals surface area contributed by atoms with E-state index >= 15 is 0 Å². The van der Waals surface area contributed by atoms with E-state index in [0.717, 1.165) is 18.4 Å². The highest BCUT2D eigenvalue weighted by atomic mass is 16.3. The Bertz CT molecular complexity index is 534. The average Bonchev–Trinajstić information content (AvgIpc) is 2.37. The number of rotatable bonds is 3. The first-order valence-electron chi connectivity index (χ1n) is 7.88. The molecule has 0 spiro atoms. The van der Waals surface area contributed by atoms with Crippen LogP contribution in [0.3, 0.4) is 0 Å². The van der Waals surface area contributed by atoms with Crippen molar-refractivity contribution >= 4 is 5.78 Å². The molecule has 1 aliphatic rings. The third-order valence-corrected chi connectivity index (χ3v) is 4.96. The fourth-order valence-corrected chi connectivity index (χ4v) is 3.80. The molecule has 2 N–H and O–H groups in total. The van der Waals surface area contributed by atoms with Crippen molar-refractivity contribution in [3.63, 3.8) is 0 Å². The first-order valence-corrected chi connectivity index (χ1v) is 7.88. The molecule has 0 aromatic heterocycles. The van der Waals surface area contributed by atoms with E-state index in [1.54, 1.807) is 12.1 Å². The van der Waals surface area contributed by atoms with Gasteiger partial charge in [0.2, 0.25) is 0 Å². The van der Waals surface area contributed by atoms with Gasteiger partial charge in [-0.05, 0) is 55.1 Å². The zero-order valence-electron chi connectivity index (χ0n) is 13.4. The summed E-state index contributed by atoms with van der Waals surface area (Å²) in [6.07, 6.45) is 3.40. The Kier molecular flexibility index (Phi) is 4.60. The SMILES string of the molecule is CC(=O)c1c(O)ccc([C@H]2C[C@@H](C)CC[C@@H]2C(C)C)c1O. The molecule has 0 bridgehead atoms. The van der Waals surface area contributed by atoms with Gasteiger partial charge in [-0.3, -0.25) is 4.79 Å². The van der Waals surface area contributed by atoms with E-state index in [4.69, 9.17) is 0 Å². The second-order valence-corrected chi connectivity index (χ2v) is 6.89. The number of hydrogen-bond acceptors (Lipinski definition) is 3. The molecular weight excluding hydrogens is 264 g/mol. The van der Waals surface area contributed by atoms with Crippen molar-refractivity contribution in [3.8, 4) is 11.5 Å². The van der Waals surface area contributed by atoms with E-state index in [9.17, 15) is 15.0 Å². The van der Waals surface area contributed by atoms with Crippen molar-refractivity contribution in [1.82, 2.24) is 0 Å². The molecular formula is C18H26O3. The first-order chi connectivity index (χ1) is 9.82. The Labute approximate surface area is 127 Å². The summed E-state index contributed by atoms with van der Waals surface area (Å²) in [6.45, 7) is 8.06. The summed E-state index contributed by atoms with van der Waals surface area (Å²) < 4.78 is 0. The van der Waals surface area contributed by atoms with Crippen molar-refractivity contribution in [1.29, 1.82) is 0 Å². The Hall–Kier alpha value is -1.51. The number of ketones is 1. The molecule has 1 aromatic rings. The number of benzene rings is 1. The highest BCUT2D eigenvalue weighted by Crippen LogP contribution is 2.48. The van der Waals surface area contributed by atoms with Gasteiger partial charge >= 0.3 is 0 Å². The molecule has 0 heterocycles. The summed E-state index contributed by atoms with van der Waals surface area (Å²) >= 11 is 0. The highest BCUT2D eigenvalue weighted by Gasteiger charge is 2.34. The molecule has 0 aliphatic heterocycles. The molecule has 2 rings (SSSR count). The van der Waals surface area contributed by atoms with Crippen LogP contribution in [0.1, 0.15) is 68.8 Å². The van der Waals surface area contributed by atoms with Gasteiger partial charge in [0.25, 0.3) is 0 Å². The van der Waals surface area contributed by atoms with Crippen LogP contribution in [0.5, 0.6) is 11.5 Å². The molecule has 1 saturated carbocycles. The summed E-state index contributed by atoms with van der Waals surface area (Å²) in [7, 11) is 0. The van der Waals surface area contributed by atoms with Crippen molar-refractivity contribution < 1.29 is 15.0 Å². The lowest BCUT2D eigenvalue weighted by Gasteiger charge is -2.38. The minimum Gasteiger partial charge on any atom is -0.507 e. The predicted molar refractivity (Wildman–Crippen MR) is 83.9 cm³/mol. The number of Topliss-reactive ketones (excluding diaryl/α,β-unsaturated/α-hetero) is 1. The zero-order valence-corrected chi connectivity index (χ0v) is 13.4. The number of carbonyl (C=O) groups is 1. The average molecular weight is 290 g/mol. The maximum absolute atomic E-state index is 11.7. The number of phenolic OH excluding ortho intramolecular Hbond substituents is 2. The molecule has 0 radical (unpaired) electrons. The van der Waals surface area contributed by atoms with Crippen LogP contribution >= 0.6 is 0 Å². The quantitative estimate of drug-likeness (QED) is 0.807. The number of hydrogen-bond donors (Lipinski definition) is 2. The van der Waals surface area contributed by atoms with Crippen LogP contribution in [-0.2, 0) is 0 Å². The molecule has 116 valence electrons. The lowest BCUT2D eigenvalue weighted by molar-refractivity contribution is 0.101. The van der Waals surface area contributed by atoms with Gasteiger partial charge in [0.1, 0.15) is 17.1 Å². The van der Waals surface area contributed by atoms with Gasteiger partial charge in [-0.25, -0.2) is 0 Å². The molecule has 3 heteroatoms. The van der Waals surface area contributed by atoms with Crippen LogP contribution in [0.2, 0.25) is 0 Å². The van der Waals surface area contributed by atoms with Crippen LogP contribution in [0.15, 0.2) is 12.1 Å². The fourth-order valence-electron chi connectivity index (χ4n) is 3.80. The summed E-state index contributed by atoms with van der Waals surface area (Å²) in [5.41, 5.74) is 0.886. The minimum atomic E-state index is -0.295. The van der Waals surface area contributed by atoms with Gasteiger partial charge in [0.15, 0.2) is 5.78 Å². The van der Waals surface area contributed by atoms with Crippen LogP contribution < -0.4 is 0 Å². The molecule has 0 unspecified atom stereocenters.